The van der Waals surface area contributed by atoms with E-state index in [4.69, 9.17) is 9.47 Å². The fraction of sp³-hybridized carbons (Fsp3) is 0.963. The summed E-state index contributed by atoms with van der Waals surface area (Å²) in [7, 11) is 0. The Bertz CT molecular complexity index is 789. The Hall–Kier alpha value is -0.490. The van der Waals surface area contributed by atoms with Gasteiger partial charge in [-0.15, -0.1) is 0 Å². The molecule has 5 heteroatoms. The monoisotopic (exact) mass is 446 g/mol. The number of ether oxygens (including phenoxy) is 2. The van der Waals surface area contributed by atoms with Crippen LogP contribution in [0.5, 0.6) is 0 Å². The quantitative estimate of drug-likeness (QED) is 0.589. The standard InChI is InChI=1S/C27H42O5/c1-14-5-8-27(31-13-14)15(2)24-23(32-27)11-18-16-9-20(28)19-10-21(29)22(30)12-26(19,4)17(16)6-7-25(18,24)3/h14-21,23-24,28-29H,5-13H2,1-4H3/t14-,15+,16?,17?,18?,19-,20-,21-,23?,24?,25+,26-,27-/m1/s1. The molecule has 0 amide bonds. The molecule has 2 N–H and O–H groups in total. The van der Waals surface area contributed by atoms with Gasteiger partial charge in [-0.3, -0.25) is 4.79 Å². The summed E-state index contributed by atoms with van der Waals surface area (Å²) < 4.78 is 13.3. The number of carbonyl (C=O) groups excluding carboxylic acids is 1. The highest BCUT2D eigenvalue weighted by atomic mass is 16.7. The van der Waals surface area contributed by atoms with Crippen LogP contribution in [-0.2, 0) is 14.3 Å². The number of rotatable bonds is 0. The molecule has 5 nitrogen and oxygen atoms in total. The summed E-state index contributed by atoms with van der Waals surface area (Å²) in [5, 5.41) is 21.4. The first-order valence-corrected chi connectivity index (χ1v) is 13.3. The molecule has 13 atom stereocenters. The Labute approximate surface area is 192 Å². The maximum atomic E-state index is 12.6. The number of carbonyl (C=O) groups is 1. The van der Waals surface area contributed by atoms with E-state index in [0.29, 0.717) is 48.3 Å². The lowest BCUT2D eigenvalue weighted by atomic mass is 9.43. The van der Waals surface area contributed by atoms with Crippen molar-refractivity contribution >= 4 is 5.78 Å². The van der Waals surface area contributed by atoms with Crippen molar-refractivity contribution in [2.24, 2.45) is 52.3 Å². The maximum Gasteiger partial charge on any atom is 0.171 e. The summed E-state index contributed by atoms with van der Waals surface area (Å²) in [6.45, 7) is 10.2. The predicted octanol–water partition coefficient (Wildman–Crippen LogP) is 3.94. The van der Waals surface area contributed by atoms with E-state index in [1.165, 1.54) is 12.8 Å². The van der Waals surface area contributed by atoms with Crippen LogP contribution in [0.15, 0.2) is 0 Å². The van der Waals surface area contributed by atoms with E-state index in [1.807, 2.05) is 0 Å². The molecular weight excluding hydrogens is 404 g/mol. The summed E-state index contributed by atoms with van der Waals surface area (Å²) in [4.78, 5) is 12.6. The summed E-state index contributed by atoms with van der Waals surface area (Å²) >= 11 is 0. The highest BCUT2D eigenvalue weighted by molar-refractivity contribution is 5.84. The van der Waals surface area contributed by atoms with E-state index < -0.39 is 12.2 Å². The maximum absolute atomic E-state index is 12.6. The summed E-state index contributed by atoms with van der Waals surface area (Å²) in [6, 6.07) is 0. The third-order valence-corrected chi connectivity index (χ3v) is 11.8. The molecule has 6 rings (SSSR count). The highest BCUT2D eigenvalue weighted by Crippen LogP contribution is 2.71. The van der Waals surface area contributed by atoms with Crippen molar-refractivity contribution in [2.45, 2.75) is 103 Å². The van der Waals surface area contributed by atoms with Crippen molar-refractivity contribution in [1.82, 2.24) is 0 Å². The fourth-order valence-corrected chi connectivity index (χ4v) is 10.2. The van der Waals surface area contributed by atoms with Crippen LogP contribution >= 0.6 is 0 Å². The van der Waals surface area contributed by atoms with Crippen LogP contribution in [0.3, 0.4) is 0 Å². The Morgan fingerprint density at radius 3 is 2.44 bits per heavy atom. The number of ketones is 1. The zero-order valence-corrected chi connectivity index (χ0v) is 20.3. The normalized spacial score (nSPS) is 61.8. The molecule has 6 fully saturated rings. The van der Waals surface area contributed by atoms with Crippen molar-refractivity contribution < 1.29 is 24.5 Å². The second-order valence-electron chi connectivity index (χ2n) is 13.2. The molecule has 4 aliphatic carbocycles. The number of aliphatic hydroxyl groups excluding tert-OH is 2. The van der Waals surface area contributed by atoms with Gasteiger partial charge in [-0.25, -0.2) is 0 Å². The molecule has 0 aromatic carbocycles. The minimum absolute atomic E-state index is 0.0178. The van der Waals surface area contributed by atoms with Gasteiger partial charge in [0, 0.05) is 18.8 Å². The molecule has 2 saturated heterocycles. The minimum Gasteiger partial charge on any atom is -0.393 e. The van der Waals surface area contributed by atoms with Crippen molar-refractivity contribution in [2.75, 3.05) is 6.61 Å². The molecule has 6 aliphatic rings. The van der Waals surface area contributed by atoms with Gasteiger partial charge in [0.2, 0.25) is 0 Å². The number of Topliss-reactive ketones (excluding diaryl/α,β-unsaturated/α-hetero) is 1. The van der Waals surface area contributed by atoms with Gasteiger partial charge in [0.25, 0.3) is 0 Å². The Balaban J connectivity index is 1.29. The van der Waals surface area contributed by atoms with Gasteiger partial charge in [0.1, 0.15) is 6.10 Å². The summed E-state index contributed by atoms with van der Waals surface area (Å²) in [6.07, 6.45) is 6.19. The van der Waals surface area contributed by atoms with Crippen LogP contribution in [0, 0.1) is 52.3 Å². The van der Waals surface area contributed by atoms with Gasteiger partial charge in [-0.05, 0) is 84.9 Å². The van der Waals surface area contributed by atoms with Gasteiger partial charge < -0.3 is 19.7 Å². The lowest BCUT2D eigenvalue weighted by molar-refractivity contribution is -0.273. The lowest BCUT2D eigenvalue weighted by Gasteiger charge is -2.62. The molecule has 0 aromatic heterocycles. The molecule has 2 heterocycles. The average molecular weight is 447 g/mol. The second kappa shape index (κ2) is 7.02. The molecule has 180 valence electrons. The van der Waals surface area contributed by atoms with E-state index in [-0.39, 0.29) is 34.4 Å². The molecule has 0 aromatic rings. The fourth-order valence-electron chi connectivity index (χ4n) is 10.2. The van der Waals surface area contributed by atoms with Crippen LogP contribution in [-0.4, -0.2) is 46.7 Å². The molecule has 2 aliphatic heterocycles. The van der Waals surface area contributed by atoms with E-state index in [1.54, 1.807) is 0 Å². The number of hydrogen-bond acceptors (Lipinski definition) is 5. The summed E-state index contributed by atoms with van der Waals surface area (Å²) in [5.74, 6) is 2.60. The first-order valence-electron chi connectivity index (χ1n) is 13.3. The van der Waals surface area contributed by atoms with Crippen LogP contribution in [0.4, 0.5) is 0 Å². The zero-order valence-electron chi connectivity index (χ0n) is 20.3. The van der Waals surface area contributed by atoms with E-state index >= 15 is 0 Å². The highest BCUT2D eigenvalue weighted by Gasteiger charge is 2.70. The topological polar surface area (TPSA) is 76.0 Å². The van der Waals surface area contributed by atoms with Crippen LogP contribution < -0.4 is 0 Å². The van der Waals surface area contributed by atoms with Crippen molar-refractivity contribution in [3.05, 3.63) is 0 Å². The van der Waals surface area contributed by atoms with Crippen molar-refractivity contribution in [3.63, 3.8) is 0 Å². The van der Waals surface area contributed by atoms with Crippen LogP contribution in [0.1, 0.15) is 79.1 Å². The van der Waals surface area contributed by atoms with Gasteiger partial charge in [0.15, 0.2) is 11.6 Å². The number of aliphatic hydroxyl groups is 2. The molecule has 32 heavy (non-hydrogen) atoms. The second-order valence-corrected chi connectivity index (χ2v) is 13.2. The van der Waals surface area contributed by atoms with Gasteiger partial charge >= 0.3 is 0 Å². The van der Waals surface area contributed by atoms with E-state index in [0.717, 1.165) is 32.3 Å². The minimum atomic E-state index is -0.886. The third kappa shape index (κ3) is 2.74. The van der Waals surface area contributed by atoms with E-state index in [9.17, 15) is 15.0 Å². The van der Waals surface area contributed by atoms with Gasteiger partial charge in [-0.2, -0.15) is 0 Å². The molecular formula is C27H42O5. The Morgan fingerprint density at radius 2 is 1.72 bits per heavy atom. The van der Waals surface area contributed by atoms with Gasteiger partial charge in [0.05, 0.1) is 18.8 Å². The van der Waals surface area contributed by atoms with Crippen molar-refractivity contribution in [3.8, 4) is 0 Å². The average Bonchev–Trinajstić information content (AvgIpc) is 3.18. The molecule has 5 unspecified atom stereocenters. The SMILES string of the molecule is C[C@@H]1CC[C@@]2(OC1)OC1CC3C4C[C@@H](O)[C@H]5C[C@@H](O)C(=O)C[C@]5(C)C4CC[C@]3(C)C1[C@@H]2C. The largest absolute Gasteiger partial charge is 0.393 e. The molecule has 4 saturated carbocycles. The van der Waals surface area contributed by atoms with Crippen LogP contribution in [0.25, 0.3) is 0 Å². The Morgan fingerprint density at radius 1 is 0.938 bits per heavy atom. The summed E-state index contributed by atoms with van der Waals surface area (Å²) in [5.41, 5.74) is 0.0241. The van der Waals surface area contributed by atoms with Crippen LogP contribution in [0.2, 0.25) is 0 Å². The lowest BCUT2D eigenvalue weighted by Crippen LogP contribution is -2.60. The first kappa shape index (κ1) is 22.0. The predicted molar refractivity (Wildman–Crippen MR) is 120 cm³/mol. The third-order valence-electron chi connectivity index (χ3n) is 11.8. The molecule has 0 bridgehead atoms. The number of hydrogen-bond donors (Lipinski definition) is 2. The zero-order chi connectivity index (χ0) is 22.6. The van der Waals surface area contributed by atoms with Crippen molar-refractivity contribution in [1.29, 1.82) is 0 Å². The smallest absolute Gasteiger partial charge is 0.171 e. The van der Waals surface area contributed by atoms with Gasteiger partial charge in [-0.1, -0.05) is 27.7 Å². The molecule has 0 radical (unpaired) electrons. The Kier molecular flexibility index (Phi) is 4.83. The number of fused-ring (bicyclic) bond motifs is 7. The molecule has 1 spiro atoms. The first-order chi connectivity index (χ1) is 15.1. The van der Waals surface area contributed by atoms with E-state index in [2.05, 4.69) is 27.7 Å².